The third kappa shape index (κ3) is 4.01. The topological polar surface area (TPSA) is 90.7 Å². The molecule has 0 aliphatic carbocycles. The molecule has 2 aliphatic rings. The molecule has 2 heterocycles. The first-order chi connectivity index (χ1) is 14.9. The maximum Gasteiger partial charge on any atom is 0.289 e. The van der Waals surface area contributed by atoms with Crippen molar-refractivity contribution in [3.8, 4) is 17.2 Å². The Labute approximate surface area is 195 Å². The number of halogens is 2. The lowest BCUT2D eigenvalue weighted by Gasteiger charge is -2.20. The Hall–Kier alpha value is -2.59. The number of fused-ring (bicyclic) bond motifs is 1. The highest BCUT2D eigenvalue weighted by Gasteiger charge is 2.41. The van der Waals surface area contributed by atoms with Gasteiger partial charge in [-0.3, -0.25) is 4.79 Å². The van der Waals surface area contributed by atoms with Crippen LogP contribution in [0.4, 0.5) is 0 Å². The molecule has 2 aromatic carbocycles. The maximum atomic E-state index is 12.6. The standard InChI is InChI=1S/C21H19Br2N3O5/c1-10-5-4-6-12(7-10)8-24-25-21(27)16-11(2)17(31-26-16)13-14(22)18(28-3)20-19(15(13)23)29-9-30-20/h4-8,11,17H,9H2,1-3H3,(H,25,27)/b24-8-/t11-,17-/m1/s1. The van der Waals surface area contributed by atoms with Crippen LogP contribution >= 0.6 is 31.9 Å². The van der Waals surface area contributed by atoms with Crippen molar-refractivity contribution < 1.29 is 23.8 Å². The molecule has 10 heteroatoms. The van der Waals surface area contributed by atoms with Crippen LogP contribution in [0.2, 0.25) is 0 Å². The number of hydrogen-bond acceptors (Lipinski definition) is 7. The van der Waals surface area contributed by atoms with E-state index in [1.165, 1.54) is 0 Å². The van der Waals surface area contributed by atoms with Crippen LogP contribution in [0.3, 0.4) is 0 Å². The zero-order valence-electron chi connectivity index (χ0n) is 16.9. The summed E-state index contributed by atoms with van der Waals surface area (Å²) in [5.41, 5.74) is 5.46. The van der Waals surface area contributed by atoms with Gasteiger partial charge in [0, 0.05) is 5.56 Å². The summed E-state index contributed by atoms with van der Waals surface area (Å²) in [5.74, 6) is 0.722. The van der Waals surface area contributed by atoms with Crippen LogP contribution < -0.4 is 19.6 Å². The number of rotatable bonds is 5. The molecule has 0 radical (unpaired) electrons. The van der Waals surface area contributed by atoms with E-state index in [0.717, 1.165) is 11.1 Å². The van der Waals surface area contributed by atoms with Crippen LogP contribution in [0.25, 0.3) is 0 Å². The zero-order chi connectivity index (χ0) is 22.1. The highest BCUT2D eigenvalue weighted by atomic mass is 79.9. The van der Waals surface area contributed by atoms with Crippen LogP contribution in [0, 0.1) is 12.8 Å². The molecule has 0 unspecified atom stereocenters. The van der Waals surface area contributed by atoms with Gasteiger partial charge >= 0.3 is 0 Å². The van der Waals surface area contributed by atoms with E-state index in [0.29, 0.717) is 31.8 Å². The molecular formula is C21H19Br2N3O5. The summed E-state index contributed by atoms with van der Waals surface area (Å²) in [6.07, 6.45) is 1.04. The van der Waals surface area contributed by atoms with Crippen molar-refractivity contribution in [3.05, 3.63) is 49.9 Å². The van der Waals surface area contributed by atoms with Crippen LogP contribution in [-0.2, 0) is 9.63 Å². The van der Waals surface area contributed by atoms with Crippen molar-refractivity contribution >= 4 is 49.7 Å². The molecule has 1 amide bonds. The summed E-state index contributed by atoms with van der Waals surface area (Å²) in [7, 11) is 1.54. The minimum atomic E-state index is -0.548. The zero-order valence-corrected chi connectivity index (χ0v) is 20.1. The highest BCUT2D eigenvalue weighted by molar-refractivity contribution is 9.11. The summed E-state index contributed by atoms with van der Waals surface area (Å²) in [5, 5.41) is 8.05. The number of amides is 1. The Morgan fingerprint density at radius 3 is 2.81 bits per heavy atom. The van der Waals surface area contributed by atoms with Gasteiger partial charge in [0.05, 0.1) is 28.2 Å². The van der Waals surface area contributed by atoms with E-state index in [-0.39, 0.29) is 18.4 Å². The third-order valence-electron chi connectivity index (χ3n) is 4.98. The van der Waals surface area contributed by atoms with Crippen molar-refractivity contribution in [1.82, 2.24) is 5.43 Å². The van der Waals surface area contributed by atoms with E-state index in [9.17, 15) is 4.79 Å². The Balaban J connectivity index is 1.53. The summed E-state index contributed by atoms with van der Waals surface area (Å²) in [4.78, 5) is 18.3. The number of methoxy groups -OCH3 is 1. The average molecular weight is 553 g/mol. The first kappa shape index (κ1) is 21.6. The predicted octanol–water partition coefficient (Wildman–Crippen LogP) is 4.47. The Morgan fingerprint density at radius 2 is 2.06 bits per heavy atom. The third-order valence-corrected chi connectivity index (χ3v) is 6.56. The van der Waals surface area contributed by atoms with E-state index >= 15 is 0 Å². The molecule has 0 saturated carbocycles. The van der Waals surface area contributed by atoms with Gasteiger partial charge in [-0.25, -0.2) is 5.43 Å². The second-order valence-electron chi connectivity index (χ2n) is 7.04. The summed E-state index contributed by atoms with van der Waals surface area (Å²) >= 11 is 7.14. The first-order valence-electron chi connectivity index (χ1n) is 9.40. The lowest BCUT2D eigenvalue weighted by molar-refractivity contribution is -0.115. The van der Waals surface area contributed by atoms with Crippen molar-refractivity contribution in [2.75, 3.05) is 13.9 Å². The second kappa shape index (κ2) is 8.88. The molecule has 0 bridgehead atoms. The number of ether oxygens (including phenoxy) is 3. The number of oxime groups is 1. The van der Waals surface area contributed by atoms with Crippen molar-refractivity contribution in [1.29, 1.82) is 0 Å². The predicted molar refractivity (Wildman–Crippen MR) is 122 cm³/mol. The van der Waals surface area contributed by atoms with Crippen LogP contribution in [0.5, 0.6) is 17.2 Å². The minimum Gasteiger partial charge on any atom is -0.492 e. The molecule has 2 aliphatic heterocycles. The first-order valence-corrected chi connectivity index (χ1v) is 11.0. The number of hydrogen-bond donors (Lipinski definition) is 1. The molecule has 0 spiro atoms. The van der Waals surface area contributed by atoms with Gasteiger partial charge in [-0.1, -0.05) is 41.9 Å². The summed E-state index contributed by atoms with van der Waals surface area (Å²) < 4.78 is 17.9. The van der Waals surface area contributed by atoms with Gasteiger partial charge in [0.2, 0.25) is 12.5 Å². The van der Waals surface area contributed by atoms with Crippen molar-refractivity contribution in [3.63, 3.8) is 0 Å². The Bertz CT molecular complexity index is 1100. The quantitative estimate of drug-likeness (QED) is 0.436. The number of benzene rings is 2. The normalized spacial score (nSPS) is 19.3. The fraction of sp³-hybridized carbons (Fsp3) is 0.286. The van der Waals surface area contributed by atoms with Gasteiger partial charge in [0.1, 0.15) is 0 Å². The van der Waals surface area contributed by atoms with Crippen LogP contribution in [0.1, 0.15) is 29.7 Å². The van der Waals surface area contributed by atoms with Crippen LogP contribution in [-0.4, -0.2) is 31.7 Å². The van der Waals surface area contributed by atoms with Gasteiger partial charge in [0.25, 0.3) is 5.91 Å². The fourth-order valence-corrected chi connectivity index (χ4v) is 5.19. The second-order valence-corrected chi connectivity index (χ2v) is 8.63. The molecule has 31 heavy (non-hydrogen) atoms. The maximum absolute atomic E-state index is 12.6. The Kier molecular flexibility index (Phi) is 6.19. The summed E-state index contributed by atoms with van der Waals surface area (Å²) in [6.45, 7) is 3.93. The molecule has 0 saturated heterocycles. The number of carbonyl (C=O) groups excluding carboxylic acids is 1. The van der Waals surface area contributed by atoms with E-state index in [4.69, 9.17) is 19.0 Å². The molecule has 0 fully saturated rings. The number of carbonyl (C=O) groups is 1. The fourth-order valence-electron chi connectivity index (χ4n) is 3.44. The molecule has 8 nitrogen and oxygen atoms in total. The van der Waals surface area contributed by atoms with Crippen molar-refractivity contribution in [2.24, 2.45) is 16.2 Å². The van der Waals surface area contributed by atoms with Gasteiger partial charge in [-0.15, -0.1) is 0 Å². The number of hydrazone groups is 1. The molecule has 2 aromatic rings. The van der Waals surface area contributed by atoms with E-state index in [1.807, 2.05) is 38.1 Å². The van der Waals surface area contributed by atoms with E-state index in [2.05, 4.69) is 47.5 Å². The van der Waals surface area contributed by atoms with Gasteiger partial charge < -0.3 is 19.0 Å². The lowest BCUT2D eigenvalue weighted by Crippen LogP contribution is -2.31. The SMILES string of the molecule is COc1c(Br)c([C@@H]2ON=C(C(=O)N/N=C\c3cccc(C)c3)[C@H]2C)c(Br)c2c1OCO2. The molecule has 2 atom stereocenters. The van der Waals surface area contributed by atoms with E-state index in [1.54, 1.807) is 13.3 Å². The average Bonchev–Trinajstić information content (AvgIpc) is 3.36. The molecular weight excluding hydrogens is 534 g/mol. The highest BCUT2D eigenvalue weighted by Crippen LogP contribution is 2.55. The minimum absolute atomic E-state index is 0.0877. The molecule has 1 N–H and O–H groups in total. The summed E-state index contributed by atoms with van der Waals surface area (Å²) in [6, 6.07) is 7.78. The number of nitrogens with zero attached hydrogens (tertiary/aromatic N) is 2. The van der Waals surface area contributed by atoms with E-state index < -0.39 is 12.0 Å². The molecule has 162 valence electrons. The molecule has 4 rings (SSSR count). The monoisotopic (exact) mass is 551 g/mol. The lowest BCUT2D eigenvalue weighted by atomic mass is 9.93. The van der Waals surface area contributed by atoms with Gasteiger partial charge in [-0.2, -0.15) is 5.10 Å². The molecule has 0 aromatic heterocycles. The number of nitrogens with one attached hydrogen (secondary N) is 1. The van der Waals surface area contributed by atoms with Crippen molar-refractivity contribution in [2.45, 2.75) is 20.0 Å². The van der Waals surface area contributed by atoms with Gasteiger partial charge in [0.15, 0.2) is 23.3 Å². The van der Waals surface area contributed by atoms with Crippen LogP contribution in [0.15, 0.2) is 43.5 Å². The number of aryl methyl sites for hydroxylation is 1. The van der Waals surface area contributed by atoms with Gasteiger partial charge in [-0.05, 0) is 44.3 Å². The largest absolute Gasteiger partial charge is 0.492 e. The smallest absolute Gasteiger partial charge is 0.289 e. The Morgan fingerprint density at radius 1 is 1.29 bits per heavy atom.